The molecule has 1 fully saturated rings. The summed E-state index contributed by atoms with van der Waals surface area (Å²) in [5.41, 5.74) is 0.909. The zero-order valence-corrected chi connectivity index (χ0v) is 12.4. The number of esters is 1. The van der Waals surface area contributed by atoms with Gasteiger partial charge < -0.3 is 14.4 Å². The molecule has 1 aromatic heterocycles. The van der Waals surface area contributed by atoms with Gasteiger partial charge in [0, 0.05) is 13.1 Å². The molecule has 0 amide bonds. The number of carbonyl (C=O) groups is 1. The maximum absolute atomic E-state index is 11.7. The van der Waals surface area contributed by atoms with E-state index in [0.717, 1.165) is 17.9 Å². The van der Waals surface area contributed by atoms with E-state index >= 15 is 0 Å². The van der Waals surface area contributed by atoms with Crippen molar-refractivity contribution >= 4 is 11.8 Å². The van der Waals surface area contributed by atoms with Gasteiger partial charge in [0.05, 0.1) is 25.2 Å². The molecule has 20 heavy (non-hydrogen) atoms. The molecule has 2 heterocycles. The van der Waals surface area contributed by atoms with Gasteiger partial charge in [0.25, 0.3) is 0 Å². The van der Waals surface area contributed by atoms with Crippen LogP contribution in [0.3, 0.4) is 0 Å². The predicted octanol–water partition coefficient (Wildman–Crippen LogP) is 1.43. The summed E-state index contributed by atoms with van der Waals surface area (Å²) in [6.45, 7) is 7.89. The fourth-order valence-corrected chi connectivity index (χ4v) is 2.62. The standard InChI is InChI=1S/C14H21N3O3/c1-5-20-13-10(3)12(15-8-16-13)17-6-9(2)11(7-17)14(18)19-4/h8-9,11H,5-7H2,1-4H3. The molecule has 2 rings (SSSR count). The fraction of sp³-hybridized carbons (Fsp3) is 0.643. The monoisotopic (exact) mass is 279 g/mol. The Bertz CT molecular complexity index is 493. The second-order valence-corrected chi connectivity index (χ2v) is 5.07. The summed E-state index contributed by atoms with van der Waals surface area (Å²) in [4.78, 5) is 22.3. The molecule has 6 heteroatoms. The molecule has 0 aromatic carbocycles. The van der Waals surface area contributed by atoms with E-state index in [1.807, 2.05) is 13.8 Å². The van der Waals surface area contributed by atoms with Crippen molar-refractivity contribution in [2.75, 3.05) is 31.7 Å². The van der Waals surface area contributed by atoms with Crippen molar-refractivity contribution in [1.82, 2.24) is 9.97 Å². The molecule has 1 aliphatic rings. The van der Waals surface area contributed by atoms with E-state index in [1.165, 1.54) is 13.4 Å². The van der Waals surface area contributed by atoms with Crippen LogP contribution in [0.25, 0.3) is 0 Å². The van der Waals surface area contributed by atoms with Crippen molar-refractivity contribution in [3.05, 3.63) is 11.9 Å². The lowest BCUT2D eigenvalue weighted by Crippen LogP contribution is -2.25. The first-order valence-corrected chi connectivity index (χ1v) is 6.85. The van der Waals surface area contributed by atoms with Crippen LogP contribution in [0.5, 0.6) is 5.88 Å². The van der Waals surface area contributed by atoms with Crippen LogP contribution in [0, 0.1) is 18.8 Å². The van der Waals surface area contributed by atoms with E-state index in [9.17, 15) is 4.79 Å². The van der Waals surface area contributed by atoms with Gasteiger partial charge in [0.2, 0.25) is 5.88 Å². The quantitative estimate of drug-likeness (QED) is 0.777. The first-order chi connectivity index (χ1) is 9.58. The molecule has 6 nitrogen and oxygen atoms in total. The Labute approximate surface area is 119 Å². The van der Waals surface area contributed by atoms with Crippen LogP contribution in [0.15, 0.2) is 6.33 Å². The highest BCUT2D eigenvalue weighted by Gasteiger charge is 2.36. The maximum Gasteiger partial charge on any atom is 0.310 e. The minimum absolute atomic E-state index is 0.107. The Kier molecular flexibility index (Phi) is 4.42. The number of rotatable bonds is 4. The van der Waals surface area contributed by atoms with E-state index in [0.29, 0.717) is 19.0 Å². The summed E-state index contributed by atoms with van der Waals surface area (Å²) in [6, 6.07) is 0. The van der Waals surface area contributed by atoms with Crippen LogP contribution in [0.4, 0.5) is 5.82 Å². The minimum Gasteiger partial charge on any atom is -0.478 e. The van der Waals surface area contributed by atoms with Gasteiger partial charge in [0.15, 0.2) is 0 Å². The van der Waals surface area contributed by atoms with Crippen molar-refractivity contribution < 1.29 is 14.3 Å². The van der Waals surface area contributed by atoms with Crippen molar-refractivity contribution in [1.29, 1.82) is 0 Å². The molecular weight excluding hydrogens is 258 g/mol. The summed E-state index contributed by atoms with van der Waals surface area (Å²) < 4.78 is 10.3. The Morgan fingerprint density at radius 1 is 1.45 bits per heavy atom. The normalized spacial score (nSPS) is 21.9. The van der Waals surface area contributed by atoms with Crippen LogP contribution in [0.1, 0.15) is 19.4 Å². The molecular formula is C14H21N3O3. The Morgan fingerprint density at radius 2 is 2.20 bits per heavy atom. The smallest absolute Gasteiger partial charge is 0.310 e. The van der Waals surface area contributed by atoms with E-state index < -0.39 is 0 Å². The molecule has 0 N–H and O–H groups in total. The number of hydrogen-bond donors (Lipinski definition) is 0. The minimum atomic E-state index is -0.156. The first-order valence-electron chi connectivity index (χ1n) is 6.85. The van der Waals surface area contributed by atoms with Crippen LogP contribution >= 0.6 is 0 Å². The van der Waals surface area contributed by atoms with Crippen molar-refractivity contribution in [3.63, 3.8) is 0 Å². The summed E-state index contributed by atoms with van der Waals surface area (Å²) >= 11 is 0. The molecule has 0 saturated carbocycles. The average molecular weight is 279 g/mol. The fourth-order valence-electron chi connectivity index (χ4n) is 2.62. The van der Waals surface area contributed by atoms with Gasteiger partial charge in [-0.1, -0.05) is 6.92 Å². The highest BCUT2D eigenvalue weighted by atomic mass is 16.5. The number of nitrogens with zero attached hydrogens (tertiary/aromatic N) is 3. The van der Waals surface area contributed by atoms with Crippen molar-refractivity contribution in [3.8, 4) is 5.88 Å². The molecule has 1 aromatic rings. The highest BCUT2D eigenvalue weighted by molar-refractivity contribution is 5.74. The van der Waals surface area contributed by atoms with Crippen LogP contribution < -0.4 is 9.64 Å². The van der Waals surface area contributed by atoms with Gasteiger partial charge in [-0.25, -0.2) is 9.97 Å². The second-order valence-electron chi connectivity index (χ2n) is 5.07. The summed E-state index contributed by atoms with van der Waals surface area (Å²) in [5, 5.41) is 0. The lowest BCUT2D eigenvalue weighted by atomic mass is 9.99. The van der Waals surface area contributed by atoms with Gasteiger partial charge in [-0.05, 0) is 19.8 Å². The van der Waals surface area contributed by atoms with Gasteiger partial charge in [-0.2, -0.15) is 0 Å². The largest absolute Gasteiger partial charge is 0.478 e. The van der Waals surface area contributed by atoms with Crippen molar-refractivity contribution in [2.45, 2.75) is 20.8 Å². The number of carbonyl (C=O) groups excluding carboxylic acids is 1. The Hall–Kier alpha value is -1.85. The Balaban J connectivity index is 2.21. The number of aromatic nitrogens is 2. The number of methoxy groups -OCH3 is 1. The molecule has 1 saturated heterocycles. The van der Waals surface area contributed by atoms with E-state index in [-0.39, 0.29) is 17.8 Å². The Morgan fingerprint density at radius 3 is 2.85 bits per heavy atom. The molecule has 0 bridgehead atoms. The van der Waals surface area contributed by atoms with Crippen LogP contribution in [-0.4, -0.2) is 42.7 Å². The van der Waals surface area contributed by atoms with Crippen LogP contribution in [-0.2, 0) is 9.53 Å². The lowest BCUT2D eigenvalue weighted by molar-refractivity contribution is -0.145. The van der Waals surface area contributed by atoms with Gasteiger partial charge in [-0.15, -0.1) is 0 Å². The average Bonchev–Trinajstić information content (AvgIpc) is 2.82. The third-order valence-electron chi connectivity index (χ3n) is 3.71. The summed E-state index contributed by atoms with van der Waals surface area (Å²) in [7, 11) is 1.43. The molecule has 2 unspecified atom stereocenters. The molecule has 0 aliphatic carbocycles. The molecule has 2 atom stereocenters. The SMILES string of the molecule is CCOc1ncnc(N2CC(C)C(C(=O)OC)C2)c1C. The first kappa shape index (κ1) is 14.6. The molecule has 0 spiro atoms. The number of hydrogen-bond acceptors (Lipinski definition) is 6. The molecule has 110 valence electrons. The zero-order chi connectivity index (χ0) is 14.7. The lowest BCUT2D eigenvalue weighted by Gasteiger charge is -2.20. The van der Waals surface area contributed by atoms with Gasteiger partial charge in [-0.3, -0.25) is 4.79 Å². The predicted molar refractivity (Wildman–Crippen MR) is 74.8 cm³/mol. The highest BCUT2D eigenvalue weighted by Crippen LogP contribution is 2.31. The zero-order valence-electron chi connectivity index (χ0n) is 12.4. The van der Waals surface area contributed by atoms with E-state index in [4.69, 9.17) is 9.47 Å². The topological polar surface area (TPSA) is 64.6 Å². The second kappa shape index (κ2) is 6.07. The third kappa shape index (κ3) is 2.69. The molecule has 1 aliphatic heterocycles. The maximum atomic E-state index is 11.7. The van der Waals surface area contributed by atoms with Crippen LogP contribution in [0.2, 0.25) is 0 Å². The summed E-state index contributed by atoms with van der Waals surface area (Å²) in [5.74, 6) is 1.42. The van der Waals surface area contributed by atoms with Crippen molar-refractivity contribution in [2.24, 2.45) is 11.8 Å². The number of anilines is 1. The van der Waals surface area contributed by atoms with E-state index in [2.05, 4.69) is 21.8 Å². The number of ether oxygens (including phenoxy) is 2. The molecule has 0 radical (unpaired) electrons. The van der Waals surface area contributed by atoms with Gasteiger partial charge >= 0.3 is 5.97 Å². The van der Waals surface area contributed by atoms with E-state index in [1.54, 1.807) is 0 Å². The third-order valence-corrected chi connectivity index (χ3v) is 3.71. The van der Waals surface area contributed by atoms with Gasteiger partial charge in [0.1, 0.15) is 12.1 Å². The summed E-state index contributed by atoms with van der Waals surface area (Å²) in [6.07, 6.45) is 1.50.